The molecule has 2 aromatic heterocycles. The zero-order valence-electron chi connectivity index (χ0n) is 15.9. The number of amides is 1. The smallest absolute Gasteiger partial charge is 0.243 e. The summed E-state index contributed by atoms with van der Waals surface area (Å²) in [6.45, 7) is 3.01. The van der Waals surface area contributed by atoms with Gasteiger partial charge in [0.2, 0.25) is 5.91 Å². The molecule has 0 bridgehead atoms. The van der Waals surface area contributed by atoms with Crippen molar-refractivity contribution >= 4 is 47.2 Å². The van der Waals surface area contributed by atoms with Gasteiger partial charge in [0.1, 0.15) is 6.54 Å². The number of guanidine groups is 1. The third kappa shape index (κ3) is 6.18. The van der Waals surface area contributed by atoms with E-state index in [1.54, 1.807) is 24.3 Å². The summed E-state index contributed by atoms with van der Waals surface area (Å²) in [6.07, 6.45) is 7.27. The van der Waals surface area contributed by atoms with Gasteiger partial charge in [-0.2, -0.15) is 0 Å². The van der Waals surface area contributed by atoms with E-state index >= 15 is 0 Å². The number of hydrogen-bond acceptors (Lipinski definition) is 4. The zero-order valence-corrected chi connectivity index (χ0v) is 18.3. The van der Waals surface area contributed by atoms with Crippen LogP contribution in [0.4, 0.5) is 5.69 Å². The standard InChI is InChI=1S/C20H21N7O.HI/c1-3-15-8-7-9-16(12-15)24-19(28)14-23-20(21-4-2)22-13-18-26-25-17-10-5-6-11-27(17)18;/h1,5-12H,4,13-14H2,2H3,(H,24,28)(H2,21,22,23);1H. The molecule has 150 valence electrons. The van der Waals surface area contributed by atoms with Crippen LogP contribution >= 0.6 is 24.0 Å². The predicted octanol–water partition coefficient (Wildman–Crippen LogP) is 2.02. The monoisotopic (exact) mass is 503 g/mol. The maximum Gasteiger partial charge on any atom is 0.243 e. The number of nitrogens with zero attached hydrogens (tertiary/aromatic N) is 4. The number of terminal acetylenes is 1. The number of anilines is 1. The van der Waals surface area contributed by atoms with E-state index in [1.165, 1.54) is 0 Å². The van der Waals surface area contributed by atoms with E-state index < -0.39 is 0 Å². The lowest BCUT2D eigenvalue weighted by atomic mass is 10.2. The molecule has 0 radical (unpaired) electrons. The lowest BCUT2D eigenvalue weighted by molar-refractivity contribution is -0.115. The van der Waals surface area contributed by atoms with Crippen molar-refractivity contribution in [2.75, 3.05) is 18.4 Å². The van der Waals surface area contributed by atoms with Gasteiger partial charge < -0.3 is 16.0 Å². The molecule has 0 atom stereocenters. The van der Waals surface area contributed by atoms with Crippen molar-refractivity contribution in [1.29, 1.82) is 0 Å². The maximum atomic E-state index is 12.2. The molecule has 3 aromatic rings. The Kier molecular flexibility index (Phi) is 8.42. The van der Waals surface area contributed by atoms with Crippen molar-refractivity contribution in [2.45, 2.75) is 13.5 Å². The Morgan fingerprint density at radius 1 is 1.21 bits per heavy atom. The second-order valence-electron chi connectivity index (χ2n) is 5.87. The van der Waals surface area contributed by atoms with Crippen LogP contribution in [-0.2, 0) is 11.3 Å². The largest absolute Gasteiger partial charge is 0.357 e. The van der Waals surface area contributed by atoms with Gasteiger partial charge in [-0.3, -0.25) is 9.20 Å². The molecule has 0 saturated carbocycles. The summed E-state index contributed by atoms with van der Waals surface area (Å²) in [7, 11) is 0. The van der Waals surface area contributed by atoms with Crippen molar-refractivity contribution in [3.63, 3.8) is 0 Å². The Hall–Kier alpha value is -3.13. The molecule has 3 rings (SSSR count). The highest BCUT2D eigenvalue weighted by Gasteiger charge is 2.07. The third-order valence-electron chi connectivity index (χ3n) is 3.84. The van der Waals surface area contributed by atoms with Gasteiger partial charge in [-0.1, -0.05) is 18.1 Å². The fourth-order valence-electron chi connectivity index (χ4n) is 2.55. The summed E-state index contributed by atoms with van der Waals surface area (Å²) in [5.74, 6) is 3.57. The summed E-state index contributed by atoms with van der Waals surface area (Å²) in [5, 5.41) is 17.2. The number of rotatable bonds is 6. The molecular formula is C20H22IN7O. The van der Waals surface area contributed by atoms with Gasteiger partial charge in [-0.05, 0) is 37.3 Å². The lowest BCUT2D eigenvalue weighted by Gasteiger charge is -2.11. The van der Waals surface area contributed by atoms with E-state index in [0.29, 0.717) is 36.1 Å². The van der Waals surface area contributed by atoms with E-state index in [1.807, 2.05) is 35.7 Å². The van der Waals surface area contributed by atoms with Crippen molar-refractivity contribution < 1.29 is 4.79 Å². The second-order valence-corrected chi connectivity index (χ2v) is 5.87. The quantitative estimate of drug-likeness (QED) is 0.207. The number of carbonyl (C=O) groups is 1. The van der Waals surface area contributed by atoms with E-state index in [9.17, 15) is 4.79 Å². The van der Waals surface area contributed by atoms with E-state index in [0.717, 1.165) is 5.65 Å². The highest BCUT2D eigenvalue weighted by Crippen LogP contribution is 2.09. The van der Waals surface area contributed by atoms with Crippen LogP contribution in [0.5, 0.6) is 0 Å². The average molecular weight is 503 g/mol. The van der Waals surface area contributed by atoms with Crippen LogP contribution in [-0.4, -0.2) is 39.6 Å². The molecule has 0 fully saturated rings. The first-order chi connectivity index (χ1) is 13.7. The van der Waals surface area contributed by atoms with Crippen molar-refractivity contribution in [1.82, 2.24) is 25.2 Å². The molecule has 9 heteroatoms. The Bertz CT molecular complexity index is 1040. The molecule has 0 spiro atoms. The number of hydrogen-bond donors (Lipinski definition) is 3. The van der Waals surface area contributed by atoms with Crippen molar-refractivity contribution in [3.8, 4) is 12.3 Å². The van der Waals surface area contributed by atoms with Gasteiger partial charge in [0.15, 0.2) is 17.4 Å². The van der Waals surface area contributed by atoms with Crippen molar-refractivity contribution in [2.24, 2.45) is 4.99 Å². The fourth-order valence-corrected chi connectivity index (χ4v) is 2.55. The molecule has 29 heavy (non-hydrogen) atoms. The Morgan fingerprint density at radius 2 is 2.07 bits per heavy atom. The molecule has 0 aliphatic heterocycles. The van der Waals surface area contributed by atoms with Crippen LogP contribution in [0.3, 0.4) is 0 Å². The molecule has 2 heterocycles. The molecule has 1 aromatic carbocycles. The SMILES string of the molecule is C#Cc1cccc(NC(=O)CNC(=NCc2nnc3ccccn23)NCC)c1.I. The number of aliphatic imine (C=N–C) groups is 1. The summed E-state index contributed by atoms with van der Waals surface area (Å²) in [4.78, 5) is 16.7. The highest BCUT2D eigenvalue weighted by molar-refractivity contribution is 14.0. The van der Waals surface area contributed by atoms with Gasteiger partial charge in [0.05, 0.1) is 6.54 Å². The number of nitrogens with one attached hydrogen (secondary N) is 3. The van der Waals surface area contributed by atoms with Gasteiger partial charge in [0.25, 0.3) is 0 Å². The van der Waals surface area contributed by atoms with Gasteiger partial charge in [-0.15, -0.1) is 40.6 Å². The Balaban J connectivity index is 0.00000300. The van der Waals surface area contributed by atoms with Gasteiger partial charge in [-0.25, -0.2) is 4.99 Å². The number of fused-ring (bicyclic) bond motifs is 1. The third-order valence-corrected chi connectivity index (χ3v) is 3.84. The van der Waals surface area contributed by atoms with E-state index in [4.69, 9.17) is 6.42 Å². The maximum absolute atomic E-state index is 12.2. The second kappa shape index (κ2) is 11.0. The minimum absolute atomic E-state index is 0. The number of halogens is 1. The van der Waals surface area contributed by atoms with Crippen molar-refractivity contribution in [3.05, 3.63) is 60.0 Å². The molecule has 1 amide bonds. The number of benzene rings is 1. The van der Waals surface area contributed by atoms with Crippen LogP contribution < -0.4 is 16.0 Å². The Morgan fingerprint density at radius 3 is 2.86 bits per heavy atom. The molecule has 8 nitrogen and oxygen atoms in total. The van der Waals surface area contributed by atoms with Gasteiger partial charge in [0, 0.05) is 24.0 Å². The van der Waals surface area contributed by atoms with Gasteiger partial charge >= 0.3 is 0 Å². The Labute approximate surface area is 186 Å². The minimum Gasteiger partial charge on any atom is -0.357 e. The predicted molar refractivity (Wildman–Crippen MR) is 124 cm³/mol. The normalized spacial score (nSPS) is 10.7. The van der Waals surface area contributed by atoms with E-state index in [-0.39, 0.29) is 36.4 Å². The lowest BCUT2D eigenvalue weighted by Crippen LogP contribution is -2.41. The highest BCUT2D eigenvalue weighted by atomic mass is 127. The molecule has 3 N–H and O–H groups in total. The number of aromatic nitrogens is 3. The zero-order chi connectivity index (χ0) is 19.8. The minimum atomic E-state index is -0.201. The molecule has 0 aliphatic carbocycles. The first-order valence-corrected chi connectivity index (χ1v) is 8.87. The summed E-state index contributed by atoms with van der Waals surface area (Å²) in [5.41, 5.74) is 2.12. The summed E-state index contributed by atoms with van der Waals surface area (Å²) < 4.78 is 1.87. The molecule has 0 aliphatic rings. The topological polar surface area (TPSA) is 95.7 Å². The van der Waals surface area contributed by atoms with Crippen LogP contribution in [0.1, 0.15) is 18.3 Å². The summed E-state index contributed by atoms with van der Waals surface area (Å²) in [6, 6.07) is 12.8. The fraction of sp³-hybridized carbons (Fsp3) is 0.200. The molecular weight excluding hydrogens is 481 g/mol. The van der Waals surface area contributed by atoms with Crippen LogP contribution in [0.25, 0.3) is 5.65 Å². The number of carbonyl (C=O) groups excluding carboxylic acids is 1. The molecule has 0 unspecified atom stereocenters. The van der Waals surface area contributed by atoms with Crippen LogP contribution in [0.15, 0.2) is 53.7 Å². The van der Waals surface area contributed by atoms with Crippen LogP contribution in [0.2, 0.25) is 0 Å². The molecule has 0 saturated heterocycles. The van der Waals surface area contributed by atoms with E-state index in [2.05, 4.69) is 37.1 Å². The average Bonchev–Trinajstić information content (AvgIpc) is 3.13. The first-order valence-electron chi connectivity index (χ1n) is 8.87. The first kappa shape index (κ1) is 22.2. The number of pyridine rings is 1. The summed E-state index contributed by atoms with van der Waals surface area (Å²) >= 11 is 0. The van der Waals surface area contributed by atoms with Crippen LogP contribution in [0, 0.1) is 12.3 Å².